The van der Waals surface area contributed by atoms with E-state index in [0.717, 1.165) is 4.57 Å². The number of anilines is 1. The van der Waals surface area contributed by atoms with Gasteiger partial charge < -0.3 is 35.4 Å². The van der Waals surface area contributed by atoms with Gasteiger partial charge in [0.25, 0.3) is 5.91 Å². The fourth-order valence-corrected chi connectivity index (χ4v) is 4.83. The number of aliphatic hydroxyl groups is 1. The summed E-state index contributed by atoms with van der Waals surface area (Å²) in [6.07, 6.45) is -5.47. The summed E-state index contributed by atoms with van der Waals surface area (Å²) in [5.74, 6) is -1.08. The van der Waals surface area contributed by atoms with Crippen LogP contribution in [0.3, 0.4) is 0 Å². The van der Waals surface area contributed by atoms with Crippen LogP contribution in [0, 0.1) is 0 Å². The number of nitrogen functional groups attached to an aromatic ring is 1. The van der Waals surface area contributed by atoms with Gasteiger partial charge >= 0.3 is 7.60 Å². The highest BCUT2D eigenvalue weighted by molar-refractivity contribution is 7.54. The zero-order valence-electron chi connectivity index (χ0n) is 17.1. The van der Waals surface area contributed by atoms with Gasteiger partial charge in [-0.3, -0.25) is 13.9 Å². The van der Waals surface area contributed by atoms with E-state index in [-0.39, 0.29) is 35.1 Å². The van der Waals surface area contributed by atoms with Crippen LogP contribution in [0.15, 0.2) is 6.33 Å². The lowest BCUT2D eigenvalue weighted by Gasteiger charge is -2.33. The number of aromatic nitrogens is 4. The van der Waals surface area contributed by atoms with E-state index in [4.69, 9.17) is 26.8 Å². The van der Waals surface area contributed by atoms with Gasteiger partial charge in [-0.1, -0.05) is 13.3 Å². The van der Waals surface area contributed by atoms with Crippen LogP contribution in [0.5, 0.6) is 0 Å². The largest absolute Gasteiger partial charge is 0.387 e. The smallest absolute Gasteiger partial charge is 0.366 e. The van der Waals surface area contributed by atoms with E-state index in [1.807, 2.05) is 0 Å². The Kier molecular flexibility index (Phi) is 7.05. The molecule has 0 aromatic carbocycles. The lowest BCUT2D eigenvalue weighted by Crippen LogP contribution is -2.49. The molecular formula is C16H23ClFN6O7P. The molecule has 178 valence electrons. The average Bonchev–Trinajstić information content (AvgIpc) is 3.25. The molecule has 0 radical (unpaired) electrons. The van der Waals surface area contributed by atoms with Crippen molar-refractivity contribution in [1.29, 1.82) is 0 Å². The van der Waals surface area contributed by atoms with Crippen LogP contribution in [0.25, 0.3) is 11.2 Å². The van der Waals surface area contributed by atoms with E-state index in [1.54, 1.807) is 6.92 Å². The first kappa shape index (κ1) is 24.7. The molecule has 1 unspecified atom stereocenters. The molecular weight excluding hydrogens is 474 g/mol. The molecule has 3 rings (SSSR count). The van der Waals surface area contributed by atoms with Crippen LogP contribution in [0.2, 0.25) is 5.28 Å². The van der Waals surface area contributed by atoms with Crippen LogP contribution in [0.1, 0.15) is 26.0 Å². The van der Waals surface area contributed by atoms with Crippen molar-refractivity contribution in [2.24, 2.45) is 0 Å². The van der Waals surface area contributed by atoms with Crippen molar-refractivity contribution in [1.82, 2.24) is 24.8 Å². The standard InChI is InChI=1S/C16H23ClFN6O7P/c1-3-4-16(14(26)20-2,32(27,28)29)30-5-7-10(25)8(18)13(31-7)24-6-21-9-11(19)22-15(17)23-12(9)24/h6-8,10,13,25H,3-5H2,1-2H3,(H,20,26)(H2,19,22,23)(H2,27,28,29)/t7-,8+,10-,13-,16?/m1/s1. The summed E-state index contributed by atoms with van der Waals surface area (Å²) in [5, 5.41) is 9.79. The number of hydrogen-bond donors (Lipinski definition) is 5. The number of nitrogens with zero attached hydrogens (tertiary/aromatic N) is 4. The maximum absolute atomic E-state index is 14.9. The molecule has 0 bridgehead atoms. The molecule has 1 saturated heterocycles. The summed E-state index contributed by atoms with van der Waals surface area (Å²) in [5.41, 5.74) is 5.94. The highest BCUT2D eigenvalue weighted by Crippen LogP contribution is 2.54. The van der Waals surface area contributed by atoms with Crippen LogP contribution < -0.4 is 11.1 Å². The van der Waals surface area contributed by atoms with E-state index in [2.05, 4.69) is 20.3 Å². The number of halogens is 2. The van der Waals surface area contributed by atoms with Gasteiger partial charge in [0, 0.05) is 7.05 Å². The van der Waals surface area contributed by atoms with Gasteiger partial charge in [-0.25, -0.2) is 9.37 Å². The van der Waals surface area contributed by atoms with E-state index in [1.165, 1.54) is 13.4 Å². The van der Waals surface area contributed by atoms with Crippen molar-refractivity contribution >= 4 is 42.1 Å². The zero-order valence-corrected chi connectivity index (χ0v) is 18.7. The summed E-state index contributed by atoms with van der Waals surface area (Å²) in [6.45, 7) is 0.926. The molecule has 2 aromatic rings. The summed E-state index contributed by atoms with van der Waals surface area (Å²) in [6, 6.07) is 0. The Labute approximate surface area is 186 Å². The van der Waals surface area contributed by atoms with E-state index < -0.39 is 50.1 Å². The minimum absolute atomic E-state index is 0.0378. The van der Waals surface area contributed by atoms with Crippen molar-refractivity contribution in [3.8, 4) is 0 Å². The summed E-state index contributed by atoms with van der Waals surface area (Å²) < 4.78 is 39.2. The number of imidazole rings is 1. The first-order chi connectivity index (χ1) is 15.0. The zero-order chi connectivity index (χ0) is 23.8. The molecule has 0 aliphatic carbocycles. The maximum Gasteiger partial charge on any atom is 0.366 e. The van der Waals surface area contributed by atoms with E-state index >= 15 is 0 Å². The van der Waals surface area contributed by atoms with Gasteiger partial charge in [0.15, 0.2) is 23.9 Å². The Morgan fingerprint density at radius 2 is 2.19 bits per heavy atom. The number of hydrogen-bond acceptors (Lipinski definition) is 9. The molecule has 0 spiro atoms. The third-order valence-electron chi connectivity index (χ3n) is 5.12. The second-order valence-corrected chi connectivity index (χ2v) is 9.32. The highest BCUT2D eigenvalue weighted by atomic mass is 35.5. The molecule has 1 aliphatic heterocycles. The lowest BCUT2D eigenvalue weighted by molar-refractivity contribution is -0.146. The molecule has 6 N–H and O–H groups in total. The normalized spacial score (nSPS) is 25.7. The molecule has 0 saturated carbocycles. The predicted octanol–water partition coefficient (Wildman–Crippen LogP) is 0.0950. The molecule has 13 nitrogen and oxygen atoms in total. The van der Waals surface area contributed by atoms with Crippen molar-refractivity contribution < 1.29 is 38.1 Å². The second kappa shape index (κ2) is 9.14. The van der Waals surface area contributed by atoms with Crippen molar-refractivity contribution in [3.63, 3.8) is 0 Å². The summed E-state index contributed by atoms with van der Waals surface area (Å²) >= 11 is 5.81. The van der Waals surface area contributed by atoms with Crippen LogP contribution in [0.4, 0.5) is 10.2 Å². The molecule has 1 fully saturated rings. The predicted molar refractivity (Wildman–Crippen MR) is 109 cm³/mol. The number of rotatable bonds is 8. The number of aliphatic hydroxyl groups excluding tert-OH is 1. The SMILES string of the molecule is CCCC(OC[C@H]1O[C@@H](n2cnc3c(N)nc(Cl)nc32)[C@@H](F)[C@@H]1O)(C(=O)NC)P(=O)(O)O. The molecule has 16 heteroatoms. The number of alkyl halides is 1. The molecule has 5 atom stereocenters. The Hall–Kier alpha value is -1.93. The first-order valence-electron chi connectivity index (χ1n) is 9.51. The molecule has 1 aliphatic rings. The van der Waals surface area contributed by atoms with Gasteiger partial charge in [0.1, 0.15) is 17.7 Å². The topological polar surface area (TPSA) is 195 Å². The number of ether oxygens (including phenoxy) is 2. The Morgan fingerprint density at radius 3 is 2.78 bits per heavy atom. The van der Waals surface area contributed by atoms with Gasteiger partial charge in [-0.2, -0.15) is 9.97 Å². The quantitative estimate of drug-likeness (QED) is 0.245. The van der Waals surface area contributed by atoms with Crippen molar-refractivity contribution in [3.05, 3.63) is 11.6 Å². The molecule has 1 amide bonds. The fourth-order valence-electron chi connectivity index (χ4n) is 3.53. The summed E-state index contributed by atoms with van der Waals surface area (Å²) in [7, 11) is -3.92. The van der Waals surface area contributed by atoms with Crippen LogP contribution in [-0.4, -0.2) is 77.7 Å². The van der Waals surface area contributed by atoms with Gasteiger partial charge in [0.2, 0.25) is 10.6 Å². The Balaban J connectivity index is 1.87. The Bertz CT molecular complexity index is 1050. The first-order valence-corrected chi connectivity index (χ1v) is 11.5. The molecule has 32 heavy (non-hydrogen) atoms. The van der Waals surface area contributed by atoms with Gasteiger partial charge in [0.05, 0.1) is 12.9 Å². The number of nitrogens with two attached hydrogens (primary N) is 1. The highest BCUT2D eigenvalue weighted by Gasteiger charge is 2.55. The number of carbonyl (C=O) groups excluding carboxylic acids is 1. The molecule has 2 aromatic heterocycles. The number of carbonyl (C=O) groups is 1. The lowest BCUT2D eigenvalue weighted by atomic mass is 10.1. The monoisotopic (exact) mass is 496 g/mol. The van der Waals surface area contributed by atoms with E-state index in [9.17, 15) is 28.6 Å². The second-order valence-electron chi connectivity index (χ2n) is 7.17. The number of likely N-dealkylation sites (N-methyl/N-ethyl adjacent to an activating group) is 1. The molecule has 3 heterocycles. The van der Waals surface area contributed by atoms with Crippen molar-refractivity contribution in [2.45, 2.75) is 49.7 Å². The third kappa shape index (κ3) is 4.19. The minimum Gasteiger partial charge on any atom is -0.387 e. The van der Waals surface area contributed by atoms with Crippen LogP contribution in [-0.2, 0) is 18.8 Å². The average molecular weight is 497 g/mol. The van der Waals surface area contributed by atoms with Gasteiger partial charge in [-0.05, 0) is 18.0 Å². The van der Waals surface area contributed by atoms with E-state index in [0.29, 0.717) is 0 Å². The summed E-state index contributed by atoms with van der Waals surface area (Å²) in [4.78, 5) is 43.7. The third-order valence-corrected chi connectivity index (χ3v) is 6.78. The number of fused-ring (bicyclic) bond motifs is 1. The number of amides is 1. The van der Waals surface area contributed by atoms with Gasteiger partial charge in [-0.15, -0.1) is 0 Å². The Morgan fingerprint density at radius 1 is 1.50 bits per heavy atom. The minimum atomic E-state index is -5.12. The van der Waals surface area contributed by atoms with Crippen LogP contribution >= 0.6 is 19.2 Å². The fraction of sp³-hybridized carbons (Fsp3) is 0.625. The maximum atomic E-state index is 14.9. The number of nitrogens with one attached hydrogen (secondary N) is 1. The van der Waals surface area contributed by atoms with Crippen molar-refractivity contribution in [2.75, 3.05) is 19.4 Å².